The van der Waals surface area contributed by atoms with Crippen molar-refractivity contribution in [3.63, 3.8) is 0 Å². The van der Waals surface area contributed by atoms with Crippen LogP contribution in [0.25, 0.3) is 10.8 Å². The highest BCUT2D eigenvalue weighted by atomic mass is 32.1. The molecule has 2 aromatic heterocycles. The van der Waals surface area contributed by atoms with E-state index >= 15 is 0 Å². The lowest BCUT2D eigenvalue weighted by molar-refractivity contribution is 0.0647. The van der Waals surface area contributed by atoms with Crippen LogP contribution in [0, 0.1) is 5.92 Å². The standard InChI is InChI=1S/C19H17N3O2S/c23-17(18-21-9-12-25-18)14-6-10-22(11-7-14)19(24)16-15-4-2-1-3-13(15)5-8-20-16/h1-5,8-9,12,14H,6-7,10-11H2. The molecular weight excluding hydrogens is 334 g/mol. The van der Waals surface area contributed by atoms with Gasteiger partial charge in [0, 0.05) is 42.2 Å². The number of benzene rings is 1. The zero-order valence-electron chi connectivity index (χ0n) is 13.6. The third kappa shape index (κ3) is 3.05. The van der Waals surface area contributed by atoms with E-state index < -0.39 is 0 Å². The number of thiazole rings is 1. The van der Waals surface area contributed by atoms with E-state index in [9.17, 15) is 9.59 Å². The Bertz CT molecular complexity index is 910. The van der Waals surface area contributed by atoms with Crippen molar-refractivity contribution in [2.45, 2.75) is 12.8 Å². The van der Waals surface area contributed by atoms with Gasteiger partial charge in [-0.25, -0.2) is 4.98 Å². The second-order valence-electron chi connectivity index (χ2n) is 6.15. The third-order valence-corrected chi connectivity index (χ3v) is 5.46. The minimum Gasteiger partial charge on any atom is -0.337 e. The predicted molar refractivity (Wildman–Crippen MR) is 96.8 cm³/mol. The minimum absolute atomic E-state index is 0.0457. The molecule has 1 amide bonds. The van der Waals surface area contributed by atoms with E-state index in [0.29, 0.717) is 36.6 Å². The molecule has 1 aromatic carbocycles. The number of carbonyl (C=O) groups is 2. The van der Waals surface area contributed by atoms with Crippen LogP contribution >= 0.6 is 11.3 Å². The molecule has 126 valence electrons. The van der Waals surface area contributed by atoms with Gasteiger partial charge >= 0.3 is 0 Å². The fraction of sp³-hybridized carbons (Fsp3) is 0.263. The molecule has 0 radical (unpaired) electrons. The van der Waals surface area contributed by atoms with Crippen molar-refractivity contribution < 1.29 is 9.59 Å². The van der Waals surface area contributed by atoms with Crippen molar-refractivity contribution >= 4 is 33.8 Å². The summed E-state index contributed by atoms with van der Waals surface area (Å²) in [6.07, 6.45) is 4.68. The van der Waals surface area contributed by atoms with Crippen molar-refractivity contribution in [3.8, 4) is 0 Å². The van der Waals surface area contributed by atoms with E-state index in [1.54, 1.807) is 17.3 Å². The van der Waals surface area contributed by atoms with Gasteiger partial charge in [-0.05, 0) is 24.3 Å². The summed E-state index contributed by atoms with van der Waals surface area (Å²) >= 11 is 1.38. The maximum atomic E-state index is 12.9. The maximum Gasteiger partial charge on any atom is 0.273 e. The molecule has 0 atom stereocenters. The van der Waals surface area contributed by atoms with Crippen molar-refractivity contribution in [1.82, 2.24) is 14.9 Å². The number of piperidine rings is 1. The van der Waals surface area contributed by atoms with Gasteiger partial charge in [-0.2, -0.15) is 0 Å². The molecule has 6 heteroatoms. The number of ketones is 1. The molecule has 1 saturated heterocycles. The summed E-state index contributed by atoms with van der Waals surface area (Å²) in [7, 11) is 0. The highest BCUT2D eigenvalue weighted by Gasteiger charge is 2.30. The molecule has 3 aromatic rings. The van der Waals surface area contributed by atoms with Crippen LogP contribution < -0.4 is 0 Å². The molecule has 0 aliphatic carbocycles. The Hall–Kier alpha value is -2.60. The zero-order valence-corrected chi connectivity index (χ0v) is 14.4. The second kappa shape index (κ2) is 6.72. The fourth-order valence-electron chi connectivity index (χ4n) is 3.30. The van der Waals surface area contributed by atoms with E-state index in [1.165, 1.54) is 11.3 Å². The lowest BCUT2D eigenvalue weighted by Gasteiger charge is -2.31. The van der Waals surface area contributed by atoms with Crippen LogP contribution in [0.15, 0.2) is 48.1 Å². The number of hydrogen-bond acceptors (Lipinski definition) is 5. The van der Waals surface area contributed by atoms with Crippen LogP contribution in [-0.4, -0.2) is 39.6 Å². The molecule has 3 heterocycles. The van der Waals surface area contributed by atoms with Crippen molar-refractivity contribution in [3.05, 3.63) is 58.8 Å². The molecule has 4 rings (SSSR count). The Labute approximate surface area is 149 Å². The van der Waals surface area contributed by atoms with Gasteiger partial charge in [0.15, 0.2) is 10.8 Å². The minimum atomic E-state index is -0.0584. The molecule has 1 aliphatic rings. The summed E-state index contributed by atoms with van der Waals surface area (Å²) in [5, 5.41) is 4.27. The van der Waals surface area contributed by atoms with E-state index in [0.717, 1.165) is 10.8 Å². The van der Waals surface area contributed by atoms with Crippen LogP contribution in [0.3, 0.4) is 0 Å². The topological polar surface area (TPSA) is 63.2 Å². The van der Waals surface area contributed by atoms with Crippen LogP contribution in [-0.2, 0) is 0 Å². The van der Waals surface area contributed by atoms with Crippen LogP contribution in [0.1, 0.15) is 33.1 Å². The van der Waals surface area contributed by atoms with Crippen LogP contribution in [0.4, 0.5) is 0 Å². The third-order valence-electron chi connectivity index (χ3n) is 4.67. The Kier molecular flexibility index (Phi) is 4.28. The molecule has 1 aliphatic heterocycles. The van der Waals surface area contributed by atoms with Crippen LogP contribution in [0.2, 0.25) is 0 Å². The first-order valence-electron chi connectivity index (χ1n) is 8.31. The number of pyridine rings is 1. The van der Waals surface area contributed by atoms with Crippen molar-refractivity contribution in [2.24, 2.45) is 5.92 Å². The Morgan fingerprint density at radius 3 is 2.60 bits per heavy atom. The normalized spacial score (nSPS) is 15.4. The molecule has 0 saturated carbocycles. The average molecular weight is 351 g/mol. The largest absolute Gasteiger partial charge is 0.337 e. The maximum absolute atomic E-state index is 12.9. The summed E-state index contributed by atoms with van der Waals surface area (Å²) in [5.74, 6) is -0.00184. The van der Waals surface area contributed by atoms with E-state index in [2.05, 4.69) is 9.97 Å². The van der Waals surface area contributed by atoms with Gasteiger partial charge in [0.2, 0.25) is 0 Å². The first-order chi connectivity index (χ1) is 12.2. The molecule has 25 heavy (non-hydrogen) atoms. The quantitative estimate of drug-likeness (QED) is 0.678. The van der Waals surface area contributed by atoms with Gasteiger partial charge in [0.25, 0.3) is 5.91 Å². The molecule has 1 fully saturated rings. The number of aromatic nitrogens is 2. The lowest BCUT2D eigenvalue weighted by atomic mass is 9.92. The molecule has 0 N–H and O–H groups in total. The number of Topliss-reactive ketones (excluding diaryl/α,β-unsaturated/α-hetero) is 1. The van der Waals surface area contributed by atoms with Gasteiger partial charge in [0.1, 0.15) is 5.69 Å². The lowest BCUT2D eigenvalue weighted by Crippen LogP contribution is -2.40. The van der Waals surface area contributed by atoms with Gasteiger partial charge in [-0.15, -0.1) is 11.3 Å². The number of likely N-dealkylation sites (tertiary alicyclic amines) is 1. The summed E-state index contributed by atoms with van der Waals surface area (Å²) in [5.41, 5.74) is 0.489. The molecule has 0 unspecified atom stereocenters. The second-order valence-corrected chi connectivity index (χ2v) is 7.04. The summed E-state index contributed by atoms with van der Waals surface area (Å²) in [4.78, 5) is 35.5. The highest BCUT2D eigenvalue weighted by Crippen LogP contribution is 2.25. The number of hydrogen-bond donors (Lipinski definition) is 0. The van der Waals surface area contributed by atoms with Gasteiger partial charge < -0.3 is 4.90 Å². The zero-order chi connectivity index (χ0) is 17.2. The molecule has 0 spiro atoms. The SMILES string of the molecule is O=C(c1nccs1)C1CCN(C(=O)c2nccc3ccccc23)CC1. The smallest absolute Gasteiger partial charge is 0.273 e. The fourth-order valence-corrected chi connectivity index (χ4v) is 3.96. The summed E-state index contributed by atoms with van der Waals surface area (Å²) < 4.78 is 0. The van der Waals surface area contributed by atoms with Crippen molar-refractivity contribution in [1.29, 1.82) is 0 Å². The first kappa shape index (κ1) is 15.9. The van der Waals surface area contributed by atoms with Crippen molar-refractivity contribution in [2.75, 3.05) is 13.1 Å². The predicted octanol–water partition coefficient (Wildman–Crippen LogP) is 3.43. The Morgan fingerprint density at radius 1 is 1.04 bits per heavy atom. The number of carbonyl (C=O) groups excluding carboxylic acids is 2. The number of amides is 1. The van der Waals surface area contributed by atoms with E-state index in [-0.39, 0.29) is 17.6 Å². The number of rotatable bonds is 3. The monoisotopic (exact) mass is 351 g/mol. The molecule has 0 bridgehead atoms. The molecular formula is C19H17N3O2S. The van der Waals surface area contributed by atoms with Gasteiger partial charge in [-0.1, -0.05) is 24.3 Å². The number of nitrogens with zero attached hydrogens (tertiary/aromatic N) is 3. The van der Waals surface area contributed by atoms with Crippen LogP contribution in [0.5, 0.6) is 0 Å². The first-order valence-corrected chi connectivity index (χ1v) is 9.19. The number of fused-ring (bicyclic) bond motifs is 1. The van der Waals surface area contributed by atoms with E-state index in [1.807, 2.05) is 35.7 Å². The average Bonchev–Trinajstić information content (AvgIpc) is 3.21. The Morgan fingerprint density at radius 2 is 1.84 bits per heavy atom. The highest BCUT2D eigenvalue weighted by molar-refractivity contribution is 7.11. The Balaban J connectivity index is 1.49. The molecule has 5 nitrogen and oxygen atoms in total. The summed E-state index contributed by atoms with van der Waals surface area (Å²) in [6.45, 7) is 1.15. The van der Waals surface area contributed by atoms with Gasteiger partial charge in [-0.3, -0.25) is 14.6 Å². The van der Waals surface area contributed by atoms with E-state index in [4.69, 9.17) is 0 Å². The summed E-state index contributed by atoms with van der Waals surface area (Å²) in [6, 6.07) is 9.68. The van der Waals surface area contributed by atoms with Gasteiger partial charge in [0.05, 0.1) is 0 Å².